The zero-order valence-corrected chi connectivity index (χ0v) is 46.1. The van der Waals surface area contributed by atoms with E-state index in [4.69, 9.17) is 9.47 Å². The number of likely N-dealkylation sites (tertiary alicyclic amines) is 2. The van der Waals surface area contributed by atoms with Crippen molar-refractivity contribution >= 4 is 81.2 Å². The first kappa shape index (κ1) is 55.9. The molecule has 1 spiro atoms. The topological polar surface area (TPSA) is 242 Å². The number of imidazole rings is 1. The van der Waals surface area contributed by atoms with Gasteiger partial charge in [0.05, 0.1) is 35.2 Å². The highest BCUT2D eigenvalue weighted by Gasteiger charge is 2.51. The lowest BCUT2D eigenvalue weighted by molar-refractivity contribution is -0.156. The van der Waals surface area contributed by atoms with Gasteiger partial charge < -0.3 is 44.2 Å². The van der Waals surface area contributed by atoms with Gasteiger partial charge in [0.15, 0.2) is 0 Å². The van der Waals surface area contributed by atoms with Crippen molar-refractivity contribution in [1.82, 2.24) is 34.5 Å². The van der Waals surface area contributed by atoms with Crippen LogP contribution in [0.3, 0.4) is 0 Å². The number of ether oxygens (including phenoxy) is 2. The summed E-state index contributed by atoms with van der Waals surface area (Å²) in [7, 11) is -4.18. The van der Waals surface area contributed by atoms with Crippen molar-refractivity contribution in [3.8, 4) is 0 Å². The van der Waals surface area contributed by atoms with Gasteiger partial charge in [-0.05, 0) is 96.7 Å². The molecule has 24 heteroatoms. The predicted octanol–water partition coefficient (Wildman–Crippen LogP) is 5.40. The zero-order chi connectivity index (χ0) is 56.3. The van der Waals surface area contributed by atoms with Crippen molar-refractivity contribution in [3.63, 3.8) is 0 Å². The van der Waals surface area contributed by atoms with Crippen LogP contribution < -0.4 is 21.2 Å². The van der Waals surface area contributed by atoms with Crippen LogP contribution in [0.5, 0.6) is 0 Å². The minimum Gasteiger partial charge on any atom is -0.371 e. The molecule has 0 saturated carbocycles. The number of alkyl halides is 2. The molecule has 0 bridgehead atoms. The van der Waals surface area contributed by atoms with Crippen LogP contribution in [-0.4, -0.2) is 146 Å². The minimum absolute atomic E-state index is 0.0190. The number of benzene rings is 3. The van der Waals surface area contributed by atoms with Crippen molar-refractivity contribution < 1.29 is 61.4 Å². The van der Waals surface area contributed by atoms with E-state index in [1.165, 1.54) is 26.2 Å². The first-order valence-corrected chi connectivity index (χ1v) is 29.1. The lowest BCUT2D eigenvalue weighted by Gasteiger charge is -2.47. The fourth-order valence-corrected chi connectivity index (χ4v) is 13.4. The normalized spacial score (nSPS) is 22.6. The summed E-state index contributed by atoms with van der Waals surface area (Å²) < 4.78 is 56.8. The maximum absolute atomic E-state index is 15.0. The van der Waals surface area contributed by atoms with E-state index < -0.39 is 72.3 Å². The number of aryl methyl sites for hydroxylation is 1. The zero-order valence-electron chi connectivity index (χ0n) is 44.4. The molecule has 2 aromatic heterocycles. The third kappa shape index (κ3) is 11.0. The molecule has 79 heavy (non-hydrogen) atoms. The number of nitrogens with one attached hydrogen (secondary N) is 2. The summed E-state index contributed by atoms with van der Waals surface area (Å²) in [5, 5.41) is 5.34. The standard InChI is InChI=1S/C55H65F2N8O12PS/c1-53(2,3)47(59-49(69)43-29-34-28-35(10-14-42(34)79-43)55(56,57)78(73,74)75)51(71)64-21-16-40(46(64)50(70)63-26-27-76-41(31-63)33-8-6-5-7-9-33)77-32-45(67)62-24-19-54(20-25-62)17-22-61(23-18-54)36-11-12-37-39(30-36)60(4)52(72)65(37)38-13-15-44(66)58-48(38)68/h5-12,14,28-30,38,40-41,46-47H,13,15-27,31-32H2,1-4H3,(H,59,69)(H,58,66,68)(H2,73,74,75)/t38?,40-,41+,46+,47-/m1/s1. The Morgan fingerprint density at radius 1 is 0.886 bits per heavy atom. The van der Waals surface area contributed by atoms with Gasteiger partial charge in [0.1, 0.15) is 30.8 Å². The molecule has 1 unspecified atom stereocenters. The Balaban J connectivity index is 0.801. The second-order valence-corrected chi connectivity index (χ2v) is 25.3. The molecule has 5 aliphatic rings. The summed E-state index contributed by atoms with van der Waals surface area (Å²) in [6, 6.07) is 16.5. The first-order valence-electron chi connectivity index (χ1n) is 26.7. The minimum atomic E-state index is -5.86. The number of amides is 6. The Morgan fingerprint density at radius 3 is 2.28 bits per heavy atom. The van der Waals surface area contributed by atoms with E-state index in [1.54, 1.807) is 37.6 Å². The third-order valence-electron chi connectivity index (χ3n) is 16.7. The number of rotatable bonds is 12. The Morgan fingerprint density at radius 2 is 1.59 bits per heavy atom. The molecule has 5 aliphatic heterocycles. The monoisotopic (exact) mass is 1130 g/mol. The quantitative estimate of drug-likeness (QED) is 0.0905. The molecular weight excluding hydrogens is 1070 g/mol. The number of thiophene rings is 1. The number of fused-ring (bicyclic) bond motifs is 2. The summed E-state index contributed by atoms with van der Waals surface area (Å²) in [6.07, 6.45) is 2.68. The molecule has 10 rings (SSSR count). The molecule has 7 heterocycles. The lowest BCUT2D eigenvalue weighted by atomic mass is 9.71. The Kier molecular flexibility index (Phi) is 15.3. The molecule has 4 N–H and O–H groups in total. The Bertz CT molecular complexity index is 3320. The van der Waals surface area contributed by atoms with Gasteiger partial charge in [-0.2, -0.15) is 8.78 Å². The van der Waals surface area contributed by atoms with Gasteiger partial charge >= 0.3 is 18.9 Å². The molecule has 6 amide bonds. The molecule has 3 aromatic carbocycles. The average Bonchev–Trinajstić information content (AvgIpc) is 4.15. The molecular formula is C55H65F2N8O12PS. The number of imide groups is 1. The number of carbonyl (C=O) groups excluding carboxylic acids is 6. The molecule has 0 aliphatic carbocycles. The van der Waals surface area contributed by atoms with Gasteiger partial charge in [0.25, 0.3) is 5.91 Å². The van der Waals surface area contributed by atoms with E-state index >= 15 is 0 Å². The first-order chi connectivity index (χ1) is 37.4. The SMILES string of the molecule is Cn1c(=O)n(C2CCC(=O)NC2=O)c2ccc(N3CCC4(CCN(C(=O)CO[C@@H]5CCN(C(=O)[C@@H](NC(=O)c6cc7cc(C(F)(F)P(=O)(O)O)ccc7s6)C(C)(C)C)[C@@H]5C(=O)N5CCO[C@H](c6ccccc6)C5)CC4)CC3)cc21. The molecule has 0 radical (unpaired) electrons. The number of aromatic nitrogens is 2. The molecule has 5 fully saturated rings. The molecule has 5 saturated heterocycles. The van der Waals surface area contributed by atoms with Crippen LogP contribution in [0.1, 0.15) is 98.7 Å². The summed E-state index contributed by atoms with van der Waals surface area (Å²) in [5.74, 6) is -2.71. The maximum Gasteiger partial charge on any atom is 0.399 e. The van der Waals surface area contributed by atoms with Crippen molar-refractivity contribution in [2.24, 2.45) is 17.9 Å². The largest absolute Gasteiger partial charge is 0.399 e. The number of hydrogen-bond donors (Lipinski definition) is 4. The summed E-state index contributed by atoms with van der Waals surface area (Å²) >= 11 is 0.952. The number of hydrogen-bond acceptors (Lipinski definition) is 12. The van der Waals surface area contributed by atoms with Crippen molar-refractivity contribution in [2.75, 3.05) is 63.9 Å². The van der Waals surface area contributed by atoms with Gasteiger partial charge in [0, 0.05) is 68.7 Å². The van der Waals surface area contributed by atoms with Crippen LogP contribution in [0.25, 0.3) is 21.1 Å². The lowest BCUT2D eigenvalue weighted by Crippen LogP contribution is -2.60. The number of morpholine rings is 1. The fourth-order valence-electron chi connectivity index (χ4n) is 11.9. The summed E-state index contributed by atoms with van der Waals surface area (Å²) in [4.78, 5) is 122. The molecule has 20 nitrogen and oxygen atoms in total. The van der Waals surface area contributed by atoms with Crippen molar-refractivity contribution in [1.29, 1.82) is 0 Å². The number of halogens is 2. The number of anilines is 1. The van der Waals surface area contributed by atoms with Gasteiger partial charge in [-0.25, -0.2) is 4.79 Å². The molecule has 5 aromatic rings. The number of piperidine rings is 3. The van der Waals surface area contributed by atoms with E-state index in [1.807, 2.05) is 48.5 Å². The van der Waals surface area contributed by atoms with E-state index in [0.717, 1.165) is 73.5 Å². The van der Waals surface area contributed by atoms with Gasteiger partial charge in [-0.15, -0.1) is 11.3 Å². The fraction of sp³-hybridized carbons (Fsp3) is 0.509. The van der Waals surface area contributed by atoms with Crippen LogP contribution in [-0.2, 0) is 50.7 Å². The van der Waals surface area contributed by atoms with Crippen LogP contribution in [0.4, 0.5) is 14.5 Å². The van der Waals surface area contributed by atoms with Crippen LogP contribution in [0.2, 0.25) is 0 Å². The number of nitrogens with zero attached hydrogens (tertiary/aromatic N) is 6. The van der Waals surface area contributed by atoms with Crippen LogP contribution in [0.15, 0.2) is 77.6 Å². The maximum atomic E-state index is 15.0. The van der Waals surface area contributed by atoms with Gasteiger partial charge in [-0.3, -0.25) is 47.8 Å². The third-order valence-corrected chi connectivity index (χ3v) is 18.8. The number of carbonyl (C=O) groups is 6. The summed E-state index contributed by atoms with van der Waals surface area (Å²) in [5.41, 5.74) is -3.44. The second-order valence-electron chi connectivity index (χ2n) is 22.6. The highest BCUT2D eigenvalue weighted by atomic mass is 32.1. The Hall–Kier alpha value is -6.36. The van der Waals surface area contributed by atoms with Crippen LogP contribution >= 0.6 is 18.9 Å². The summed E-state index contributed by atoms with van der Waals surface area (Å²) in [6.45, 7) is 8.27. The van der Waals surface area contributed by atoms with Crippen molar-refractivity contribution in [3.05, 3.63) is 99.3 Å². The second kappa shape index (κ2) is 21.6. The van der Waals surface area contributed by atoms with Gasteiger partial charge in [0.2, 0.25) is 29.5 Å². The average molecular weight is 1130 g/mol. The smallest absolute Gasteiger partial charge is 0.371 e. The van der Waals surface area contributed by atoms with E-state index in [2.05, 4.69) is 15.5 Å². The van der Waals surface area contributed by atoms with Gasteiger partial charge in [-0.1, -0.05) is 57.2 Å². The van der Waals surface area contributed by atoms with Crippen LogP contribution in [0, 0.1) is 10.8 Å². The molecule has 422 valence electrons. The predicted molar refractivity (Wildman–Crippen MR) is 288 cm³/mol. The molecule has 5 atom stereocenters. The van der Waals surface area contributed by atoms with E-state index in [-0.39, 0.29) is 91.2 Å². The highest BCUT2D eigenvalue weighted by Crippen LogP contribution is 2.59. The Labute approximate surface area is 458 Å². The van der Waals surface area contributed by atoms with E-state index in [9.17, 15) is 56.7 Å². The van der Waals surface area contributed by atoms with Crippen molar-refractivity contribution in [2.45, 2.75) is 102 Å². The highest BCUT2D eigenvalue weighted by molar-refractivity contribution is 7.52. The van der Waals surface area contributed by atoms with E-state index in [0.29, 0.717) is 28.8 Å².